The average Bonchev–Trinajstić information content (AvgIpc) is 4.02. The van der Waals surface area contributed by atoms with Gasteiger partial charge < -0.3 is 39.9 Å². The Hall–Kier alpha value is -5.34. The van der Waals surface area contributed by atoms with E-state index in [2.05, 4.69) is 79.1 Å². The number of nitrogens with zero attached hydrogens (tertiary/aromatic N) is 4. The molecule has 14 heteroatoms. The zero-order chi connectivity index (χ0) is 39.9. The number of carbonyl (C=O) groups is 4. The molecule has 4 atom stereocenters. The number of H-pyrrole nitrogens is 2. The fraction of sp³-hybridized carbons (Fsp3) is 0.476. The van der Waals surface area contributed by atoms with Crippen LogP contribution in [0, 0.1) is 11.8 Å². The van der Waals surface area contributed by atoms with Gasteiger partial charge in [0.1, 0.15) is 36.9 Å². The molecule has 2 aromatic heterocycles. The number of carbonyl (C=O) groups excluding carboxylic acids is 4. The summed E-state index contributed by atoms with van der Waals surface area (Å²) in [6.45, 7) is 8.72. The lowest BCUT2D eigenvalue weighted by atomic mass is 10.0. The van der Waals surface area contributed by atoms with Gasteiger partial charge in [-0.2, -0.15) is 0 Å². The van der Waals surface area contributed by atoms with E-state index in [1.807, 2.05) is 49.9 Å². The zero-order valence-electron chi connectivity index (χ0n) is 33.1. The van der Waals surface area contributed by atoms with Crippen LogP contribution >= 0.6 is 0 Å². The van der Waals surface area contributed by atoms with E-state index in [0.717, 1.165) is 71.0 Å². The van der Waals surface area contributed by atoms with E-state index in [9.17, 15) is 19.2 Å². The number of methoxy groups -OCH3 is 2. The molecule has 0 radical (unpaired) electrons. The molecule has 0 unspecified atom stereocenters. The van der Waals surface area contributed by atoms with Crippen molar-refractivity contribution in [3.05, 3.63) is 72.6 Å². The normalized spacial score (nSPS) is 18.1. The summed E-state index contributed by atoms with van der Waals surface area (Å²) in [6.07, 6.45) is 6.91. The number of ether oxygens (including phenoxy) is 2. The summed E-state index contributed by atoms with van der Waals surface area (Å²) in [7, 11) is 2.91. The van der Waals surface area contributed by atoms with Crippen molar-refractivity contribution in [3.8, 4) is 33.6 Å². The molecule has 56 heavy (non-hydrogen) atoms. The highest BCUT2D eigenvalue weighted by Crippen LogP contribution is 2.35. The van der Waals surface area contributed by atoms with Crippen LogP contribution in [0.2, 0.25) is 0 Å². The van der Waals surface area contributed by atoms with Crippen LogP contribution in [0.1, 0.15) is 77.1 Å². The van der Waals surface area contributed by atoms with Gasteiger partial charge in [0.2, 0.25) is 23.6 Å². The van der Waals surface area contributed by atoms with E-state index in [-0.39, 0.29) is 60.8 Å². The van der Waals surface area contributed by atoms with Crippen LogP contribution in [-0.2, 0) is 28.7 Å². The van der Waals surface area contributed by atoms with Gasteiger partial charge in [0.05, 0.1) is 35.9 Å². The molecule has 4 aromatic rings. The highest BCUT2D eigenvalue weighted by molar-refractivity contribution is 5.89. The Kier molecular flexibility index (Phi) is 13.0. The summed E-state index contributed by atoms with van der Waals surface area (Å²) in [5, 5.41) is 5.68. The van der Waals surface area contributed by atoms with Crippen LogP contribution < -0.4 is 10.6 Å². The molecule has 6 rings (SSSR count). The minimum absolute atomic E-state index is 0.0794. The highest BCUT2D eigenvalue weighted by atomic mass is 16.5. The third-order valence-corrected chi connectivity index (χ3v) is 10.7. The van der Waals surface area contributed by atoms with Gasteiger partial charge in [-0.25, -0.2) is 9.97 Å². The van der Waals surface area contributed by atoms with E-state index < -0.39 is 12.1 Å². The Morgan fingerprint density at radius 2 is 1.00 bits per heavy atom. The lowest BCUT2D eigenvalue weighted by Gasteiger charge is -2.30. The van der Waals surface area contributed by atoms with Crippen LogP contribution in [0.4, 0.5) is 0 Å². The molecule has 298 valence electrons. The highest BCUT2D eigenvalue weighted by Gasteiger charge is 2.38. The standard InChI is InChI=1S/C42H54N8O6/c1-25(2)37(47-35(51)23-55-5)41(53)49-19-7-9-33(49)39-43-21-31(45-39)29-15-11-27(12-16-29)28-13-17-30(18-14-28)32-22-44-40(46-32)34-10-8-20-50(34)42(54)38(26(3)4)48-36(52)24-56-6/h11-18,21-22,25-26,33-34,37-38H,7-10,19-20,23-24H2,1-6H3,(H,43,45)(H,44,46)(H,47,51)(H,48,52)/t33-,34-,37-,38-/m0/s1. The second-order valence-electron chi connectivity index (χ2n) is 15.3. The maximum absolute atomic E-state index is 13.6. The van der Waals surface area contributed by atoms with E-state index in [4.69, 9.17) is 9.47 Å². The molecule has 0 aliphatic carbocycles. The smallest absolute Gasteiger partial charge is 0.246 e. The van der Waals surface area contributed by atoms with E-state index in [0.29, 0.717) is 13.1 Å². The lowest BCUT2D eigenvalue weighted by Crippen LogP contribution is -2.51. The number of hydrogen-bond acceptors (Lipinski definition) is 8. The third kappa shape index (κ3) is 9.03. The number of hydrogen-bond donors (Lipinski definition) is 4. The van der Waals surface area contributed by atoms with Crippen molar-refractivity contribution in [1.29, 1.82) is 0 Å². The molecule has 2 aromatic carbocycles. The van der Waals surface area contributed by atoms with Crippen LogP contribution in [0.25, 0.3) is 33.6 Å². The van der Waals surface area contributed by atoms with Gasteiger partial charge in [-0.1, -0.05) is 76.2 Å². The maximum Gasteiger partial charge on any atom is 0.246 e. The molecular formula is C42H54N8O6. The molecule has 0 saturated carbocycles. The quantitative estimate of drug-likeness (QED) is 0.130. The third-order valence-electron chi connectivity index (χ3n) is 10.7. The number of likely N-dealkylation sites (tertiary alicyclic amines) is 2. The number of nitrogens with one attached hydrogen (secondary N) is 4. The largest absolute Gasteiger partial charge is 0.375 e. The second-order valence-corrected chi connectivity index (χ2v) is 15.3. The van der Waals surface area contributed by atoms with Crippen molar-refractivity contribution in [2.75, 3.05) is 40.5 Å². The Morgan fingerprint density at radius 3 is 1.34 bits per heavy atom. The molecular weight excluding hydrogens is 713 g/mol. The van der Waals surface area contributed by atoms with Gasteiger partial charge >= 0.3 is 0 Å². The van der Waals surface area contributed by atoms with Gasteiger partial charge in [-0.05, 0) is 59.8 Å². The fourth-order valence-corrected chi connectivity index (χ4v) is 7.70. The van der Waals surface area contributed by atoms with Crippen LogP contribution in [0.5, 0.6) is 0 Å². The minimum atomic E-state index is -0.640. The lowest BCUT2D eigenvalue weighted by molar-refractivity contribution is -0.139. The molecule has 2 saturated heterocycles. The summed E-state index contributed by atoms with van der Waals surface area (Å²) in [4.78, 5) is 71.7. The molecule has 0 spiro atoms. The topological polar surface area (TPSA) is 175 Å². The van der Waals surface area contributed by atoms with Gasteiger partial charge in [-0.15, -0.1) is 0 Å². The number of imidazole rings is 2. The number of amides is 4. The predicted molar refractivity (Wildman–Crippen MR) is 212 cm³/mol. The van der Waals surface area contributed by atoms with Crippen molar-refractivity contribution in [1.82, 2.24) is 40.4 Å². The molecule has 4 N–H and O–H groups in total. The maximum atomic E-state index is 13.6. The second kappa shape index (κ2) is 18.1. The molecule has 2 aliphatic rings. The van der Waals surface area contributed by atoms with Crippen molar-refractivity contribution in [3.63, 3.8) is 0 Å². The van der Waals surface area contributed by atoms with Gasteiger partial charge in [0.15, 0.2) is 0 Å². The summed E-state index contributed by atoms with van der Waals surface area (Å²) in [6, 6.07) is 14.9. The number of aromatic nitrogens is 4. The molecule has 14 nitrogen and oxygen atoms in total. The van der Waals surface area contributed by atoms with Crippen molar-refractivity contribution in [2.45, 2.75) is 77.5 Å². The first-order valence-electron chi connectivity index (χ1n) is 19.5. The first kappa shape index (κ1) is 40.3. The van der Waals surface area contributed by atoms with Crippen molar-refractivity contribution >= 4 is 23.6 Å². The number of benzene rings is 2. The SMILES string of the molecule is COCC(=O)N[C@H](C(=O)N1CCC[C@H]1c1ncc(-c2ccc(-c3ccc(-c4cnc([C@@H]5CCCN5C(=O)[C@@H](NC(=O)COC)C(C)C)[nH]4)cc3)cc2)[nH]1)C(C)C. The average molecular weight is 767 g/mol. The fourth-order valence-electron chi connectivity index (χ4n) is 7.70. The summed E-state index contributed by atoms with van der Waals surface area (Å²) < 4.78 is 9.90. The Labute approximate surface area is 328 Å². The molecule has 4 amide bonds. The van der Waals surface area contributed by atoms with Crippen LogP contribution in [-0.4, -0.2) is 106 Å². The predicted octanol–water partition coefficient (Wildman–Crippen LogP) is 5.04. The Bertz CT molecular complexity index is 1830. The van der Waals surface area contributed by atoms with E-state index in [1.54, 1.807) is 0 Å². The molecule has 2 aliphatic heterocycles. The Morgan fingerprint density at radius 1 is 0.643 bits per heavy atom. The monoisotopic (exact) mass is 766 g/mol. The summed E-state index contributed by atoms with van der Waals surface area (Å²) in [5.74, 6) is 0.465. The number of aromatic amines is 2. The van der Waals surface area contributed by atoms with Crippen LogP contribution in [0.15, 0.2) is 60.9 Å². The van der Waals surface area contributed by atoms with Crippen molar-refractivity contribution < 1.29 is 28.7 Å². The van der Waals surface area contributed by atoms with E-state index in [1.165, 1.54) is 14.2 Å². The van der Waals surface area contributed by atoms with Gasteiger partial charge in [0, 0.05) is 27.3 Å². The number of rotatable bonds is 15. The first-order valence-corrected chi connectivity index (χ1v) is 19.5. The Balaban J connectivity index is 1.10. The molecule has 0 bridgehead atoms. The van der Waals surface area contributed by atoms with Gasteiger partial charge in [-0.3, -0.25) is 19.2 Å². The minimum Gasteiger partial charge on any atom is -0.375 e. The first-order chi connectivity index (χ1) is 27.0. The molecule has 4 heterocycles. The molecule has 2 fully saturated rings. The summed E-state index contributed by atoms with van der Waals surface area (Å²) >= 11 is 0. The zero-order valence-corrected chi connectivity index (χ0v) is 33.1. The van der Waals surface area contributed by atoms with Crippen molar-refractivity contribution in [2.24, 2.45) is 11.8 Å². The van der Waals surface area contributed by atoms with Gasteiger partial charge in [0.25, 0.3) is 0 Å². The van der Waals surface area contributed by atoms with E-state index >= 15 is 0 Å². The summed E-state index contributed by atoms with van der Waals surface area (Å²) in [5.41, 5.74) is 5.81. The van der Waals surface area contributed by atoms with Crippen LogP contribution in [0.3, 0.4) is 0 Å².